The number of benzene rings is 2. The van der Waals surface area contributed by atoms with Crippen LogP contribution in [-0.2, 0) is 27.7 Å². The largest absolute Gasteiger partial charge is 0.480 e. The van der Waals surface area contributed by atoms with Crippen LogP contribution in [0.3, 0.4) is 0 Å². The van der Waals surface area contributed by atoms with Gasteiger partial charge in [0.05, 0.1) is 5.69 Å². The number of halogens is 1. The molecule has 3 aromatic rings. The molecule has 0 aliphatic carbocycles. The normalized spacial score (nSPS) is 19.4. The molecule has 1 amide bonds. The van der Waals surface area contributed by atoms with Crippen LogP contribution in [-0.4, -0.2) is 31.5 Å². The summed E-state index contributed by atoms with van der Waals surface area (Å²) in [5.41, 5.74) is 3.55. The van der Waals surface area contributed by atoms with Crippen molar-refractivity contribution in [3.05, 3.63) is 71.7 Å². The molecular weight excluding hydrogens is 433 g/mol. The monoisotopic (exact) mass is 453 g/mol. The summed E-state index contributed by atoms with van der Waals surface area (Å²) in [6.07, 6.45) is 1.74. The molecule has 3 heterocycles. The Balaban J connectivity index is 1.44. The van der Waals surface area contributed by atoms with E-state index in [0.29, 0.717) is 29.8 Å². The van der Waals surface area contributed by atoms with Crippen LogP contribution < -0.4 is 14.8 Å². The highest BCUT2D eigenvalue weighted by atomic mass is 32.2. The molecule has 2 unspecified atom stereocenters. The number of ether oxygens (including phenoxy) is 1. The van der Waals surface area contributed by atoms with Crippen LogP contribution in [0.5, 0.6) is 5.75 Å². The third-order valence-electron chi connectivity index (χ3n) is 5.86. The van der Waals surface area contributed by atoms with E-state index in [4.69, 9.17) is 9.88 Å². The first kappa shape index (κ1) is 20.6. The Morgan fingerprint density at radius 1 is 1.16 bits per heavy atom. The molecule has 0 spiro atoms. The standard InChI is InChI=1S/C23H20FN3O4S/c1-13-8-15-10-17(24)22(32(25,29)30)12-19(15)27(13)23(28)21-11-16-9-14(5-6-20(16)31-21)18-4-2-3-7-26-18/h2-7,9-10,12-13,21H,8,11H2,1H3,(H2,25,29,30). The van der Waals surface area contributed by atoms with Gasteiger partial charge in [0, 0.05) is 29.9 Å². The number of hydrogen-bond acceptors (Lipinski definition) is 5. The summed E-state index contributed by atoms with van der Waals surface area (Å²) >= 11 is 0. The fourth-order valence-corrected chi connectivity index (χ4v) is 5.01. The van der Waals surface area contributed by atoms with Crippen LogP contribution in [0.1, 0.15) is 18.1 Å². The number of pyridine rings is 1. The number of rotatable bonds is 3. The summed E-state index contributed by atoms with van der Waals surface area (Å²) in [4.78, 5) is 18.6. The van der Waals surface area contributed by atoms with Crippen molar-refractivity contribution < 1.29 is 22.3 Å². The van der Waals surface area contributed by atoms with Gasteiger partial charge in [-0.2, -0.15) is 0 Å². The first-order chi connectivity index (χ1) is 15.2. The van der Waals surface area contributed by atoms with Crippen molar-refractivity contribution in [3.63, 3.8) is 0 Å². The molecule has 0 fully saturated rings. The molecule has 5 rings (SSSR count). The number of carbonyl (C=O) groups excluding carboxylic acids is 1. The van der Waals surface area contributed by atoms with Gasteiger partial charge in [0.2, 0.25) is 10.0 Å². The zero-order valence-electron chi connectivity index (χ0n) is 17.2. The first-order valence-electron chi connectivity index (χ1n) is 10.1. The van der Waals surface area contributed by atoms with Gasteiger partial charge in [-0.3, -0.25) is 9.78 Å². The van der Waals surface area contributed by atoms with Crippen LogP contribution in [0, 0.1) is 5.82 Å². The maximum atomic E-state index is 14.3. The molecular formula is C23H20FN3O4S. The minimum absolute atomic E-state index is 0.274. The van der Waals surface area contributed by atoms with Gasteiger partial charge in [-0.1, -0.05) is 6.07 Å². The zero-order chi connectivity index (χ0) is 22.6. The second kappa shape index (κ2) is 7.39. The van der Waals surface area contributed by atoms with E-state index in [1.165, 1.54) is 4.90 Å². The van der Waals surface area contributed by atoms with E-state index in [2.05, 4.69) is 4.98 Å². The fourth-order valence-electron chi connectivity index (χ4n) is 4.41. The first-order valence-corrected chi connectivity index (χ1v) is 11.7. The minimum Gasteiger partial charge on any atom is -0.480 e. The zero-order valence-corrected chi connectivity index (χ0v) is 18.0. The molecule has 7 nitrogen and oxygen atoms in total. The van der Waals surface area contributed by atoms with E-state index < -0.39 is 26.8 Å². The Morgan fingerprint density at radius 3 is 2.69 bits per heavy atom. The molecule has 2 atom stereocenters. The van der Waals surface area contributed by atoms with E-state index >= 15 is 0 Å². The second-order valence-corrected chi connectivity index (χ2v) is 9.60. The van der Waals surface area contributed by atoms with Gasteiger partial charge in [-0.15, -0.1) is 0 Å². The number of amides is 1. The van der Waals surface area contributed by atoms with Crippen LogP contribution >= 0.6 is 0 Å². The summed E-state index contributed by atoms with van der Waals surface area (Å²) in [6, 6.07) is 13.3. The van der Waals surface area contributed by atoms with Crippen molar-refractivity contribution in [3.8, 4) is 17.0 Å². The maximum Gasteiger partial charge on any atom is 0.268 e. The smallest absolute Gasteiger partial charge is 0.268 e. The average Bonchev–Trinajstić information content (AvgIpc) is 3.32. The Labute approximate surface area is 184 Å². The summed E-state index contributed by atoms with van der Waals surface area (Å²) in [5, 5.41) is 5.15. The number of nitrogens with two attached hydrogens (primary N) is 1. The molecule has 2 aliphatic heterocycles. The van der Waals surface area contributed by atoms with Gasteiger partial charge < -0.3 is 9.64 Å². The van der Waals surface area contributed by atoms with Crippen LogP contribution in [0.15, 0.2) is 59.6 Å². The molecule has 9 heteroatoms. The Hall–Kier alpha value is -3.30. The SMILES string of the molecule is CC1Cc2cc(F)c(S(N)(=O)=O)cc2N1C(=O)C1Cc2cc(-c3ccccn3)ccc2O1. The number of primary sulfonamides is 1. The second-order valence-electron chi connectivity index (χ2n) is 8.07. The van der Waals surface area contributed by atoms with E-state index in [1.54, 1.807) is 6.20 Å². The number of hydrogen-bond donors (Lipinski definition) is 1. The van der Waals surface area contributed by atoms with Crippen LogP contribution in [0.2, 0.25) is 0 Å². The molecule has 0 radical (unpaired) electrons. The van der Waals surface area contributed by atoms with Gasteiger partial charge in [0.1, 0.15) is 16.5 Å². The minimum atomic E-state index is -4.27. The lowest BCUT2D eigenvalue weighted by Gasteiger charge is -2.25. The van der Waals surface area contributed by atoms with Crippen molar-refractivity contribution in [2.75, 3.05) is 4.90 Å². The van der Waals surface area contributed by atoms with Crippen molar-refractivity contribution in [1.29, 1.82) is 0 Å². The lowest BCUT2D eigenvalue weighted by Crippen LogP contribution is -2.44. The Morgan fingerprint density at radius 2 is 1.97 bits per heavy atom. The van der Waals surface area contributed by atoms with E-state index in [-0.39, 0.29) is 11.9 Å². The highest BCUT2D eigenvalue weighted by molar-refractivity contribution is 7.89. The summed E-state index contributed by atoms with van der Waals surface area (Å²) in [5.74, 6) is -0.599. The summed E-state index contributed by atoms with van der Waals surface area (Å²) in [6.45, 7) is 1.83. The number of fused-ring (bicyclic) bond motifs is 2. The van der Waals surface area contributed by atoms with Gasteiger partial charge in [0.15, 0.2) is 6.10 Å². The maximum absolute atomic E-state index is 14.3. The lowest BCUT2D eigenvalue weighted by atomic mass is 10.0. The number of carbonyl (C=O) groups is 1. The van der Waals surface area contributed by atoms with Crippen LogP contribution in [0.4, 0.5) is 10.1 Å². The van der Waals surface area contributed by atoms with Crippen molar-refractivity contribution >= 4 is 21.6 Å². The van der Waals surface area contributed by atoms with Crippen molar-refractivity contribution in [2.24, 2.45) is 5.14 Å². The molecule has 2 N–H and O–H groups in total. The fraction of sp³-hybridized carbons (Fsp3) is 0.217. The molecule has 1 aromatic heterocycles. The predicted octanol–water partition coefficient (Wildman–Crippen LogP) is 2.82. The van der Waals surface area contributed by atoms with Crippen LogP contribution in [0.25, 0.3) is 11.3 Å². The van der Waals surface area contributed by atoms with E-state index in [0.717, 1.165) is 29.0 Å². The molecule has 2 aromatic carbocycles. The molecule has 0 saturated heterocycles. The average molecular weight is 453 g/mol. The molecule has 2 aliphatic rings. The van der Waals surface area contributed by atoms with Crippen molar-refractivity contribution in [1.82, 2.24) is 4.98 Å². The third-order valence-corrected chi connectivity index (χ3v) is 6.79. The van der Waals surface area contributed by atoms with Gasteiger partial charge in [-0.25, -0.2) is 17.9 Å². The molecule has 0 bridgehead atoms. The van der Waals surface area contributed by atoms with Gasteiger partial charge in [0.25, 0.3) is 5.91 Å². The Kier molecular flexibility index (Phi) is 4.75. The lowest BCUT2D eigenvalue weighted by molar-refractivity contribution is -0.124. The van der Waals surface area contributed by atoms with E-state index in [1.807, 2.05) is 43.3 Å². The van der Waals surface area contributed by atoms with E-state index in [9.17, 15) is 17.6 Å². The van der Waals surface area contributed by atoms with Crippen molar-refractivity contribution in [2.45, 2.75) is 36.8 Å². The number of nitrogens with zero attached hydrogens (tertiary/aromatic N) is 2. The highest BCUT2D eigenvalue weighted by Gasteiger charge is 2.39. The molecule has 164 valence electrons. The van der Waals surface area contributed by atoms with Gasteiger partial charge in [-0.05, 0) is 66.9 Å². The number of aromatic nitrogens is 1. The summed E-state index contributed by atoms with van der Waals surface area (Å²) in [7, 11) is -4.27. The summed E-state index contributed by atoms with van der Waals surface area (Å²) < 4.78 is 43.7. The molecule has 32 heavy (non-hydrogen) atoms. The number of sulfonamides is 1. The quantitative estimate of drug-likeness (QED) is 0.657. The Bertz CT molecular complexity index is 1340. The van der Waals surface area contributed by atoms with Gasteiger partial charge >= 0.3 is 0 Å². The predicted molar refractivity (Wildman–Crippen MR) is 116 cm³/mol. The highest BCUT2D eigenvalue weighted by Crippen LogP contribution is 2.38. The third kappa shape index (κ3) is 3.43. The number of anilines is 1. The topological polar surface area (TPSA) is 103 Å². The molecule has 0 saturated carbocycles.